The molecule has 0 aliphatic rings. The normalized spacial score (nSPS) is 11.3. The number of rotatable bonds is 1. The molecule has 0 aliphatic heterocycles. The Kier molecular flexibility index (Phi) is 2.23. The number of aromatic nitrogens is 2. The first-order valence-corrected chi connectivity index (χ1v) is 4.51. The van der Waals surface area contributed by atoms with Gasteiger partial charge in [0, 0.05) is 12.4 Å². The molecular formula is C11H11N3. The second-order valence-electron chi connectivity index (χ2n) is 3.07. The van der Waals surface area contributed by atoms with Gasteiger partial charge in [0.25, 0.3) is 0 Å². The fourth-order valence-electron chi connectivity index (χ4n) is 1.32. The van der Waals surface area contributed by atoms with Crippen molar-refractivity contribution in [3.8, 4) is 0 Å². The standard InChI is InChI=1S/C11H11N3/c1-3-12-9-4-5-10-11(6-9)13-7-8(2)14-10/h3-7H,1-2H3. The summed E-state index contributed by atoms with van der Waals surface area (Å²) in [5, 5.41) is 0. The summed E-state index contributed by atoms with van der Waals surface area (Å²) >= 11 is 0. The van der Waals surface area contributed by atoms with E-state index in [9.17, 15) is 0 Å². The van der Waals surface area contributed by atoms with Gasteiger partial charge in [-0.3, -0.25) is 9.98 Å². The van der Waals surface area contributed by atoms with Gasteiger partial charge in [0.05, 0.1) is 22.4 Å². The zero-order valence-corrected chi connectivity index (χ0v) is 8.23. The second-order valence-corrected chi connectivity index (χ2v) is 3.07. The van der Waals surface area contributed by atoms with Crippen LogP contribution in [0, 0.1) is 6.92 Å². The van der Waals surface area contributed by atoms with Gasteiger partial charge in [-0.05, 0) is 32.0 Å². The van der Waals surface area contributed by atoms with E-state index in [0.29, 0.717) is 0 Å². The van der Waals surface area contributed by atoms with E-state index in [1.54, 1.807) is 12.4 Å². The zero-order chi connectivity index (χ0) is 9.97. The molecule has 1 heterocycles. The summed E-state index contributed by atoms with van der Waals surface area (Å²) in [6.45, 7) is 3.83. The summed E-state index contributed by atoms with van der Waals surface area (Å²) in [6.07, 6.45) is 3.53. The largest absolute Gasteiger partial charge is 0.261 e. The Morgan fingerprint density at radius 1 is 1.29 bits per heavy atom. The van der Waals surface area contributed by atoms with E-state index in [0.717, 1.165) is 22.4 Å². The van der Waals surface area contributed by atoms with Gasteiger partial charge in [-0.1, -0.05) is 0 Å². The van der Waals surface area contributed by atoms with Crippen molar-refractivity contribution in [3.05, 3.63) is 30.1 Å². The summed E-state index contributed by atoms with van der Waals surface area (Å²) in [4.78, 5) is 12.8. The third-order valence-corrected chi connectivity index (χ3v) is 1.92. The first-order chi connectivity index (χ1) is 6.79. The molecule has 0 aliphatic carbocycles. The monoisotopic (exact) mass is 185 g/mol. The maximum atomic E-state index is 4.36. The van der Waals surface area contributed by atoms with E-state index in [1.165, 1.54) is 0 Å². The van der Waals surface area contributed by atoms with Crippen LogP contribution < -0.4 is 0 Å². The molecule has 0 spiro atoms. The highest BCUT2D eigenvalue weighted by atomic mass is 14.8. The third-order valence-electron chi connectivity index (χ3n) is 1.92. The fraction of sp³-hybridized carbons (Fsp3) is 0.182. The predicted molar refractivity (Wildman–Crippen MR) is 58.1 cm³/mol. The van der Waals surface area contributed by atoms with Crippen molar-refractivity contribution in [2.24, 2.45) is 4.99 Å². The van der Waals surface area contributed by atoms with E-state index >= 15 is 0 Å². The molecule has 3 heteroatoms. The summed E-state index contributed by atoms with van der Waals surface area (Å²) in [5.74, 6) is 0. The maximum absolute atomic E-state index is 4.36. The van der Waals surface area contributed by atoms with Crippen molar-refractivity contribution in [2.75, 3.05) is 0 Å². The lowest BCUT2D eigenvalue weighted by molar-refractivity contribution is 1.18. The average Bonchev–Trinajstić information content (AvgIpc) is 2.19. The van der Waals surface area contributed by atoms with Gasteiger partial charge >= 0.3 is 0 Å². The maximum Gasteiger partial charge on any atom is 0.0908 e. The lowest BCUT2D eigenvalue weighted by atomic mass is 10.2. The first kappa shape index (κ1) is 8.81. The van der Waals surface area contributed by atoms with E-state index < -0.39 is 0 Å². The first-order valence-electron chi connectivity index (χ1n) is 4.51. The zero-order valence-electron chi connectivity index (χ0n) is 8.23. The Morgan fingerprint density at radius 2 is 2.14 bits per heavy atom. The van der Waals surface area contributed by atoms with Crippen molar-refractivity contribution in [1.29, 1.82) is 0 Å². The van der Waals surface area contributed by atoms with Crippen LogP contribution in [0.3, 0.4) is 0 Å². The van der Waals surface area contributed by atoms with Gasteiger partial charge in [0.2, 0.25) is 0 Å². The SMILES string of the molecule is CC=Nc1ccc2nc(C)cnc2c1. The average molecular weight is 185 g/mol. The molecule has 70 valence electrons. The Hall–Kier alpha value is -1.77. The molecule has 3 nitrogen and oxygen atoms in total. The molecule has 0 fully saturated rings. The van der Waals surface area contributed by atoms with Gasteiger partial charge in [-0.2, -0.15) is 0 Å². The topological polar surface area (TPSA) is 38.1 Å². The minimum Gasteiger partial charge on any atom is -0.261 e. The van der Waals surface area contributed by atoms with Crippen LogP contribution in [0.5, 0.6) is 0 Å². The van der Waals surface area contributed by atoms with E-state index in [1.807, 2.05) is 32.0 Å². The van der Waals surface area contributed by atoms with Gasteiger partial charge in [-0.15, -0.1) is 0 Å². The minimum absolute atomic E-state index is 0.888. The Bertz CT molecular complexity index is 489. The third kappa shape index (κ3) is 1.62. The Morgan fingerprint density at radius 3 is 2.93 bits per heavy atom. The molecule has 1 aromatic carbocycles. The number of aliphatic imine (C=N–C) groups is 1. The molecule has 0 N–H and O–H groups in total. The van der Waals surface area contributed by atoms with Gasteiger partial charge in [0.1, 0.15) is 0 Å². The molecule has 14 heavy (non-hydrogen) atoms. The quantitative estimate of drug-likeness (QED) is 0.640. The van der Waals surface area contributed by atoms with Crippen LogP contribution in [-0.4, -0.2) is 16.2 Å². The fourth-order valence-corrected chi connectivity index (χ4v) is 1.32. The number of hydrogen-bond acceptors (Lipinski definition) is 3. The molecule has 1 aromatic heterocycles. The molecule has 0 bridgehead atoms. The molecule has 2 rings (SSSR count). The van der Waals surface area contributed by atoms with Crippen molar-refractivity contribution >= 4 is 22.9 Å². The van der Waals surface area contributed by atoms with Crippen LogP contribution in [0.15, 0.2) is 29.4 Å². The van der Waals surface area contributed by atoms with Gasteiger partial charge in [-0.25, -0.2) is 4.98 Å². The molecule has 0 saturated heterocycles. The summed E-state index contributed by atoms with van der Waals surface area (Å²) in [6, 6.07) is 5.82. The van der Waals surface area contributed by atoms with Crippen molar-refractivity contribution in [3.63, 3.8) is 0 Å². The van der Waals surface area contributed by atoms with Crippen LogP contribution in [0.25, 0.3) is 11.0 Å². The van der Waals surface area contributed by atoms with Gasteiger partial charge < -0.3 is 0 Å². The van der Waals surface area contributed by atoms with Crippen LogP contribution >= 0.6 is 0 Å². The highest BCUT2D eigenvalue weighted by molar-refractivity contribution is 5.78. The van der Waals surface area contributed by atoms with E-state index in [2.05, 4.69) is 15.0 Å². The summed E-state index contributed by atoms with van der Waals surface area (Å²) in [7, 11) is 0. The highest BCUT2D eigenvalue weighted by Crippen LogP contribution is 2.17. The molecular weight excluding hydrogens is 174 g/mol. The lowest BCUT2D eigenvalue weighted by Gasteiger charge is -1.98. The number of benzene rings is 1. The van der Waals surface area contributed by atoms with Crippen molar-refractivity contribution in [2.45, 2.75) is 13.8 Å². The molecule has 0 unspecified atom stereocenters. The number of aryl methyl sites for hydroxylation is 1. The predicted octanol–water partition coefficient (Wildman–Crippen LogP) is 2.66. The van der Waals surface area contributed by atoms with Crippen LogP contribution in [-0.2, 0) is 0 Å². The van der Waals surface area contributed by atoms with Crippen molar-refractivity contribution < 1.29 is 0 Å². The van der Waals surface area contributed by atoms with Crippen LogP contribution in [0.1, 0.15) is 12.6 Å². The molecule has 0 saturated carbocycles. The molecule has 2 aromatic rings. The number of hydrogen-bond donors (Lipinski definition) is 0. The van der Waals surface area contributed by atoms with Gasteiger partial charge in [0.15, 0.2) is 0 Å². The number of nitrogens with zero attached hydrogens (tertiary/aromatic N) is 3. The smallest absolute Gasteiger partial charge is 0.0908 e. The minimum atomic E-state index is 0.888. The Balaban J connectivity index is 2.61. The molecule has 0 atom stereocenters. The van der Waals surface area contributed by atoms with Crippen molar-refractivity contribution in [1.82, 2.24) is 9.97 Å². The highest BCUT2D eigenvalue weighted by Gasteiger charge is 1.97. The van der Waals surface area contributed by atoms with E-state index in [-0.39, 0.29) is 0 Å². The van der Waals surface area contributed by atoms with Crippen LogP contribution in [0.4, 0.5) is 5.69 Å². The Labute approximate surface area is 82.5 Å². The second kappa shape index (κ2) is 3.54. The lowest BCUT2D eigenvalue weighted by Crippen LogP contribution is -1.86. The molecule has 0 amide bonds. The van der Waals surface area contributed by atoms with E-state index in [4.69, 9.17) is 0 Å². The summed E-state index contributed by atoms with van der Waals surface area (Å²) in [5.41, 5.74) is 3.65. The number of fused-ring (bicyclic) bond motifs is 1. The van der Waals surface area contributed by atoms with Crippen LogP contribution in [0.2, 0.25) is 0 Å². The summed E-state index contributed by atoms with van der Waals surface area (Å²) < 4.78 is 0. The molecule has 0 radical (unpaired) electrons.